The Morgan fingerprint density at radius 3 is 2.56 bits per heavy atom. The zero-order chi connectivity index (χ0) is 17.8. The van der Waals surface area contributed by atoms with Crippen LogP contribution in [0.2, 0.25) is 10.0 Å². The second kappa shape index (κ2) is 8.04. The fourth-order valence-corrected chi connectivity index (χ4v) is 3.06. The van der Waals surface area contributed by atoms with Gasteiger partial charge < -0.3 is 10.2 Å². The Hall–Kier alpha value is -1.82. The summed E-state index contributed by atoms with van der Waals surface area (Å²) in [7, 11) is 0. The van der Waals surface area contributed by atoms with Crippen molar-refractivity contribution in [2.45, 2.75) is 6.92 Å². The van der Waals surface area contributed by atoms with Gasteiger partial charge in [0.1, 0.15) is 5.82 Å². The number of aromatic nitrogens is 1. The second-order valence-corrected chi connectivity index (χ2v) is 6.95. The maximum Gasteiger partial charge on any atom is 0.238 e. The standard InChI is InChI=1S/C18H20Cl2N4O/c1-13-2-4-15(10-16(13)20)22-18(25)12-23-6-8-24(9-7-23)17-5-3-14(19)11-21-17/h2-5,10-11H,6-9,12H2,1H3,(H,22,25). The van der Waals surface area contributed by atoms with Crippen molar-refractivity contribution in [3.8, 4) is 0 Å². The molecule has 2 heterocycles. The molecule has 0 atom stereocenters. The van der Waals surface area contributed by atoms with Crippen LogP contribution in [-0.4, -0.2) is 48.5 Å². The van der Waals surface area contributed by atoms with Crippen LogP contribution in [0.5, 0.6) is 0 Å². The van der Waals surface area contributed by atoms with Gasteiger partial charge in [-0.3, -0.25) is 9.69 Å². The van der Waals surface area contributed by atoms with E-state index >= 15 is 0 Å². The number of rotatable bonds is 4. The van der Waals surface area contributed by atoms with E-state index in [1.807, 2.05) is 31.2 Å². The molecular formula is C18H20Cl2N4O. The van der Waals surface area contributed by atoms with Gasteiger partial charge >= 0.3 is 0 Å². The molecule has 25 heavy (non-hydrogen) atoms. The van der Waals surface area contributed by atoms with Crippen LogP contribution < -0.4 is 10.2 Å². The van der Waals surface area contributed by atoms with E-state index in [2.05, 4.69) is 20.1 Å². The van der Waals surface area contributed by atoms with Gasteiger partial charge in [-0.05, 0) is 36.8 Å². The number of aryl methyl sites for hydroxylation is 1. The Balaban J connectivity index is 1.49. The smallest absolute Gasteiger partial charge is 0.238 e. The SMILES string of the molecule is Cc1ccc(NC(=O)CN2CCN(c3ccc(Cl)cn3)CC2)cc1Cl. The Labute approximate surface area is 157 Å². The number of piperazine rings is 1. The molecule has 3 rings (SSSR count). The third-order valence-corrected chi connectivity index (χ3v) is 4.86. The molecule has 132 valence electrons. The Morgan fingerprint density at radius 2 is 1.92 bits per heavy atom. The number of hydrogen-bond donors (Lipinski definition) is 1. The Morgan fingerprint density at radius 1 is 1.16 bits per heavy atom. The first-order valence-electron chi connectivity index (χ1n) is 8.16. The van der Waals surface area contributed by atoms with Crippen molar-refractivity contribution in [3.05, 3.63) is 52.1 Å². The number of halogens is 2. The van der Waals surface area contributed by atoms with E-state index in [4.69, 9.17) is 23.2 Å². The van der Waals surface area contributed by atoms with Crippen LogP contribution in [0, 0.1) is 6.92 Å². The highest BCUT2D eigenvalue weighted by Gasteiger charge is 2.20. The van der Waals surface area contributed by atoms with Gasteiger partial charge in [0.25, 0.3) is 0 Å². The maximum atomic E-state index is 12.2. The van der Waals surface area contributed by atoms with Gasteiger partial charge in [-0.15, -0.1) is 0 Å². The van der Waals surface area contributed by atoms with E-state index in [-0.39, 0.29) is 5.91 Å². The van der Waals surface area contributed by atoms with Gasteiger partial charge in [0.15, 0.2) is 0 Å². The minimum atomic E-state index is -0.0296. The zero-order valence-corrected chi connectivity index (χ0v) is 15.5. The van der Waals surface area contributed by atoms with Crippen molar-refractivity contribution in [2.75, 3.05) is 42.9 Å². The van der Waals surface area contributed by atoms with Gasteiger partial charge in [0.05, 0.1) is 11.6 Å². The molecule has 5 nitrogen and oxygen atoms in total. The third kappa shape index (κ3) is 4.84. The summed E-state index contributed by atoms with van der Waals surface area (Å²) in [5, 5.41) is 4.19. The van der Waals surface area contributed by atoms with Crippen LogP contribution in [0.15, 0.2) is 36.5 Å². The summed E-state index contributed by atoms with van der Waals surface area (Å²) in [6, 6.07) is 9.31. The minimum Gasteiger partial charge on any atom is -0.354 e. The third-order valence-electron chi connectivity index (χ3n) is 4.23. The van der Waals surface area contributed by atoms with Gasteiger partial charge in [-0.2, -0.15) is 0 Å². The topological polar surface area (TPSA) is 48.5 Å². The lowest BCUT2D eigenvalue weighted by molar-refractivity contribution is -0.117. The van der Waals surface area contributed by atoms with E-state index in [9.17, 15) is 4.79 Å². The van der Waals surface area contributed by atoms with Gasteiger partial charge in [0.2, 0.25) is 5.91 Å². The van der Waals surface area contributed by atoms with Crippen LogP contribution in [-0.2, 0) is 4.79 Å². The predicted octanol–water partition coefficient (Wildman–Crippen LogP) is 3.46. The van der Waals surface area contributed by atoms with Crippen LogP contribution in [0.3, 0.4) is 0 Å². The van der Waals surface area contributed by atoms with Crippen molar-refractivity contribution in [3.63, 3.8) is 0 Å². The molecule has 1 saturated heterocycles. The van der Waals surface area contributed by atoms with Crippen molar-refractivity contribution in [2.24, 2.45) is 0 Å². The van der Waals surface area contributed by atoms with E-state index in [0.717, 1.165) is 43.2 Å². The molecule has 7 heteroatoms. The average Bonchev–Trinajstić information content (AvgIpc) is 2.60. The number of carbonyl (C=O) groups is 1. The number of carbonyl (C=O) groups excluding carboxylic acids is 1. The molecule has 0 bridgehead atoms. The van der Waals surface area contributed by atoms with Crippen LogP contribution in [0.25, 0.3) is 0 Å². The molecule has 1 aromatic heterocycles. The zero-order valence-electron chi connectivity index (χ0n) is 14.0. The first-order chi connectivity index (χ1) is 12.0. The number of amides is 1. The first-order valence-corrected chi connectivity index (χ1v) is 8.92. The highest BCUT2D eigenvalue weighted by atomic mass is 35.5. The Kier molecular flexibility index (Phi) is 5.78. The fourth-order valence-electron chi connectivity index (χ4n) is 2.76. The van der Waals surface area contributed by atoms with Gasteiger partial charge in [-0.1, -0.05) is 29.3 Å². The van der Waals surface area contributed by atoms with Crippen molar-refractivity contribution >= 4 is 40.6 Å². The molecule has 0 unspecified atom stereocenters. The minimum absolute atomic E-state index is 0.0296. The monoisotopic (exact) mass is 378 g/mol. The molecule has 0 radical (unpaired) electrons. The summed E-state index contributed by atoms with van der Waals surface area (Å²) in [6.07, 6.45) is 1.66. The van der Waals surface area contributed by atoms with E-state index < -0.39 is 0 Å². The lowest BCUT2D eigenvalue weighted by atomic mass is 10.2. The molecule has 1 amide bonds. The molecule has 0 spiro atoms. The molecule has 1 aliphatic rings. The lowest BCUT2D eigenvalue weighted by Gasteiger charge is -2.35. The molecule has 1 fully saturated rings. The summed E-state index contributed by atoms with van der Waals surface area (Å²) in [4.78, 5) is 20.9. The quantitative estimate of drug-likeness (QED) is 0.884. The number of benzene rings is 1. The predicted molar refractivity (Wildman–Crippen MR) is 103 cm³/mol. The van der Waals surface area contributed by atoms with Crippen LogP contribution in [0.4, 0.5) is 11.5 Å². The molecule has 0 aliphatic carbocycles. The summed E-state index contributed by atoms with van der Waals surface area (Å²) < 4.78 is 0. The Bertz CT molecular complexity index is 743. The molecule has 1 N–H and O–H groups in total. The largest absolute Gasteiger partial charge is 0.354 e. The summed E-state index contributed by atoms with van der Waals surface area (Å²) in [5.74, 6) is 0.890. The highest BCUT2D eigenvalue weighted by Crippen LogP contribution is 2.20. The normalized spacial score (nSPS) is 15.2. The second-order valence-electron chi connectivity index (χ2n) is 6.11. The summed E-state index contributed by atoms with van der Waals surface area (Å²) >= 11 is 12.0. The molecular weight excluding hydrogens is 359 g/mol. The lowest BCUT2D eigenvalue weighted by Crippen LogP contribution is -2.48. The van der Waals surface area contributed by atoms with E-state index in [0.29, 0.717) is 16.6 Å². The molecule has 0 saturated carbocycles. The fraction of sp³-hybridized carbons (Fsp3) is 0.333. The molecule has 1 aromatic carbocycles. The van der Waals surface area contributed by atoms with Crippen molar-refractivity contribution in [1.82, 2.24) is 9.88 Å². The number of pyridine rings is 1. The number of hydrogen-bond acceptors (Lipinski definition) is 4. The van der Waals surface area contributed by atoms with Crippen LogP contribution >= 0.6 is 23.2 Å². The summed E-state index contributed by atoms with van der Waals surface area (Å²) in [5.41, 5.74) is 1.72. The average molecular weight is 379 g/mol. The van der Waals surface area contributed by atoms with E-state index in [1.54, 1.807) is 12.3 Å². The molecule has 2 aromatic rings. The first kappa shape index (κ1) is 18.0. The van der Waals surface area contributed by atoms with Gasteiger partial charge in [0, 0.05) is 43.1 Å². The van der Waals surface area contributed by atoms with E-state index in [1.165, 1.54) is 0 Å². The van der Waals surface area contributed by atoms with Gasteiger partial charge in [-0.25, -0.2) is 4.98 Å². The summed E-state index contributed by atoms with van der Waals surface area (Å²) in [6.45, 7) is 5.59. The number of nitrogens with zero attached hydrogens (tertiary/aromatic N) is 3. The van der Waals surface area contributed by atoms with Crippen molar-refractivity contribution < 1.29 is 4.79 Å². The maximum absolute atomic E-state index is 12.2. The highest BCUT2D eigenvalue weighted by molar-refractivity contribution is 6.31. The van der Waals surface area contributed by atoms with Crippen LogP contribution in [0.1, 0.15) is 5.56 Å². The number of nitrogens with one attached hydrogen (secondary N) is 1. The van der Waals surface area contributed by atoms with Crippen molar-refractivity contribution in [1.29, 1.82) is 0 Å². The molecule has 1 aliphatic heterocycles. The number of anilines is 2.